The molecule has 0 saturated heterocycles. The van der Waals surface area contributed by atoms with E-state index < -0.39 is 0 Å². The van der Waals surface area contributed by atoms with Crippen LogP contribution in [0, 0.1) is 0 Å². The number of ether oxygens (including phenoxy) is 1. The summed E-state index contributed by atoms with van der Waals surface area (Å²) in [6, 6.07) is 18.5. The molecule has 1 atom stereocenters. The van der Waals surface area contributed by atoms with E-state index in [1.54, 1.807) is 0 Å². The van der Waals surface area contributed by atoms with Gasteiger partial charge in [0.2, 0.25) is 0 Å². The molecule has 0 fully saturated rings. The van der Waals surface area contributed by atoms with E-state index in [1.165, 1.54) is 10.5 Å². The lowest BCUT2D eigenvalue weighted by molar-refractivity contribution is 0.232. The summed E-state index contributed by atoms with van der Waals surface area (Å²) in [5.74, 6) is 1.96. The lowest BCUT2D eigenvalue weighted by Gasteiger charge is -2.13. The summed E-state index contributed by atoms with van der Waals surface area (Å²) in [5.41, 5.74) is 1.32. The Bertz CT molecular complexity index is 481. The maximum atomic E-state index is 5.98. The van der Waals surface area contributed by atoms with E-state index in [-0.39, 0.29) is 6.10 Å². The largest absolute Gasteiger partial charge is 0.485 e. The van der Waals surface area contributed by atoms with E-state index in [9.17, 15) is 0 Å². The molecule has 2 aromatic carbocycles. The Balaban J connectivity index is 1.84. The fourth-order valence-corrected chi connectivity index (χ4v) is 3.01. The van der Waals surface area contributed by atoms with Crippen molar-refractivity contribution in [2.75, 3.05) is 5.75 Å². The third kappa shape index (κ3) is 1.81. The molecule has 1 aliphatic rings. The molecule has 0 amide bonds. The predicted octanol–water partition coefficient (Wildman–Crippen LogP) is 3.91. The molecule has 1 unspecified atom stereocenters. The number of thioether (sulfide) groups is 1. The first kappa shape index (κ1) is 9.79. The third-order valence-corrected chi connectivity index (χ3v) is 3.83. The molecule has 0 N–H and O–H groups in total. The molecule has 3 rings (SSSR count). The molecule has 1 heterocycles. The van der Waals surface area contributed by atoms with E-state index >= 15 is 0 Å². The van der Waals surface area contributed by atoms with E-state index in [1.807, 2.05) is 42.1 Å². The van der Waals surface area contributed by atoms with Gasteiger partial charge in [-0.3, -0.25) is 0 Å². The number of hydrogen-bond acceptors (Lipinski definition) is 2. The summed E-state index contributed by atoms with van der Waals surface area (Å²) >= 11 is 1.87. The molecule has 2 aromatic rings. The number of fused-ring (bicyclic) bond motifs is 1. The predicted molar refractivity (Wildman–Crippen MR) is 67.0 cm³/mol. The van der Waals surface area contributed by atoms with Gasteiger partial charge in [0.05, 0.1) is 0 Å². The van der Waals surface area contributed by atoms with Gasteiger partial charge in [-0.2, -0.15) is 0 Å². The van der Waals surface area contributed by atoms with Gasteiger partial charge < -0.3 is 4.74 Å². The molecule has 0 aromatic heterocycles. The molecule has 0 spiro atoms. The zero-order valence-electron chi connectivity index (χ0n) is 8.80. The van der Waals surface area contributed by atoms with Crippen molar-refractivity contribution in [2.45, 2.75) is 11.0 Å². The molecule has 2 heteroatoms. The highest BCUT2D eigenvalue weighted by Gasteiger charge is 2.23. The fraction of sp³-hybridized carbons (Fsp3) is 0.143. The van der Waals surface area contributed by atoms with Crippen molar-refractivity contribution in [3.63, 3.8) is 0 Å². The number of hydrogen-bond donors (Lipinski definition) is 0. The molecule has 0 radical (unpaired) electrons. The van der Waals surface area contributed by atoms with Gasteiger partial charge in [0.25, 0.3) is 0 Å². The van der Waals surface area contributed by atoms with Gasteiger partial charge in [-0.15, -0.1) is 11.8 Å². The highest BCUT2D eigenvalue weighted by molar-refractivity contribution is 7.99. The standard InChI is InChI=1S/C14H12OS/c1-2-6-11(7-3-1)15-13-10-16-14-9-5-4-8-12(13)14/h1-9,13H,10H2. The van der Waals surface area contributed by atoms with E-state index in [4.69, 9.17) is 4.74 Å². The lowest BCUT2D eigenvalue weighted by Crippen LogP contribution is -2.05. The molecular formula is C14H12OS. The maximum Gasteiger partial charge on any atom is 0.134 e. The topological polar surface area (TPSA) is 9.23 Å². The second kappa shape index (κ2) is 4.22. The Morgan fingerprint density at radius 2 is 1.69 bits per heavy atom. The summed E-state index contributed by atoms with van der Waals surface area (Å²) in [5, 5.41) is 0. The fourth-order valence-electron chi connectivity index (χ4n) is 1.89. The van der Waals surface area contributed by atoms with Crippen LogP contribution in [0.15, 0.2) is 59.5 Å². The Labute approximate surface area is 99.4 Å². The van der Waals surface area contributed by atoms with E-state index in [2.05, 4.69) is 24.3 Å². The maximum absolute atomic E-state index is 5.98. The first-order valence-corrected chi connectivity index (χ1v) is 6.35. The lowest BCUT2D eigenvalue weighted by atomic mass is 10.1. The van der Waals surface area contributed by atoms with Crippen molar-refractivity contribution in [3.8, 4) is 5.75 Å². The summed E-state index contributed by atoms with van der Waals surface area (Å²) in [6.45, 7) is 0. The normalized spacial score (nSPS) is 18.1. The monoisotopic (exact) mass is 228 g/mol. The average molecular weight is 228 g/mol. The number of benzene rings is 2. The minimum absolute atomic E-state index is 0.198. The van der Waals surface area contributed by atoms with Crippen LogP contribution in [0.25, 0.3) is 0 Å². The van der Waals surface area contributed by atoms with E-state index in [0.29, 0.717) is 0 Å². The van der Waals surface area contributed by atoms with Crippen molar-refractivity contribution < 1.29 is 4.74 Å². The summed E-state index contributed by atoms with van der Waals surface area (Å²) < 4.78 is 5.98. The molecule has 1 aliphatic heterocycles. The SMILES string of the molecule is c1ccc(OC2CSc3ccccc32)cc1. The second-order valence-corrected chi connectivity index (χ2v) is 4.83. The van der Waals surface area contributed by atoms with Crippen molar-refractivity contribution in [1.29, 1.82) is 0 Å². The van der Waals surface area contributed by atoms with Crippen LogP contribution in [-0.2, 0) is 0 Å². The highest BCUT2D eigenvalue weighted by atomic mass is 32.2. The summed E-state index contributed by atoms with van der Waals surface area (Å²) in [7, 11) is 0. The van der Waals surface area contributed by atoms with Crippen LogP contribution in [0.3, 0.4) is 0 Å². The van der Waals surface area contributed by atoms with Crippen LogP contribution in [0.5, 0.6) is 5.75 Å². The first-order chi connectivity index (χ1) is 7.93. The van der Waals surface area contributed by atoms with Crippen LogP contribution < -0.4 is 4.74 Å². The number of para-hydroxylation sites is 1. The zero-order chi connectivity index (χ0) is 10.8. The van der Waals surface area contributed by atoms with Gasteiger partial charge in [0.15, 0.2) is 0 Å². The molecular weight excluding hydrogens is 216 g/mol. The van der Waals surface area contributed by atoms with Crippen LogP contribution in [0.2, 0.25) is 0 Å². The summed E-state index contributed by atoms with van der Waals surface area (Å²) in [4.78, 5) is 1.35. The van der Waals surface area contributed by atoms with Crippen molar-refractivity contribution >= 4 is 11.8 Å². The highest BCUT2D eigenvalue weighted by Crippen LogP contribution is 2.40. The Morgan fingerprint density at radius 3 is 2.56 bits per heavy atom. The molecule has 1 nitrogen and oxygen atoms in total. The summed E-state index contributed by atoms with van der Waals surface area (Å²) in [6.07, 6.45) is 0.198. The molecule has 0 saturated carbocycles. The number of rotatable bonds is 2. The van der Waals surface area contributed by atoms with Gasteiger partial charge >= 0.3 is 0 Å². The van der Waals surface area contributed by atoms with E-state index in [0.717, 1.165) is 11.5 Å². The van der Waals surface area contributed by atoms with Gasteiger partial charge in [-0.25, -0.2) is 0 Å². The van der Waals surface area contributed by atoms with Gasteiger partial charge in [0.1, 0.15) is 11.9 Å². The Kier molecular flexibility index (Phi) is 2.58. The van der Waals surface area contributed by atoms with Crippen molar-refractivity contribution in [3.05, 3.63) is 60.2 Å². The van der Waals surface area contributed by atoms with Crippen molar-refractivity contribution in [2.24, 2.45) is 0 Å². The average Bonchev–Trinajstić information content (AvgIpc) is 2.74. The van der Waals surface area contributed by atoms with Gasteiger partial charge in [-0.1, -0.05) is 36.4 Å². The smallest absolute Gasteiger partial charge is 0.134 e. The van der Waals surface area contributed by atoms with Crippen molar-refractivity contribution in [1.82, 2.24) is 0 Å². The quantitative estimate of drug-likeness (QED) is 0.770. The van der Waals surface area contributed by atoms with Crippen LogP contribution >= 0.6 is 11.8 Å². The third-order valence-electron chi connectivity index (χ3n) is 2.68. The minimum Gasteiger partial charge on any atom is -0.485 e. The Morgan fingerprint density at radius 1 is 0.938 bits per heavy atom. The van der Waals surface area contributed by atoms with Crippen LogP contribution in [0.1, 0.15) is 11.7 Å². The Hall–Kier alpha value is -1.41. The van der Waals surface area contributed by atoms with Crippen LogP contribution in [-0.4, -0.2) is 5.75 Å². The van der Waals surface area contributed by atoms with Gasteiger partial charge in [-0.05, 0) is 18.2 Å². The molecule has 80 valence electrons. The molecule has 0 bridgehead atoms. The van der Waals surface area contributed by atoms with Gasteiger partial charge in [0, 0.05) is 16.2 Å². The zero-order valence-corrected chi connectivity index (χ0v) is 9.61. The minimum atomic E-state index is 0.198. The first-order valence-electron chi connectivity index (χ1n) is 5.37. The molecule has 16 heavy (non-hydrogen) atoms. The van der Waals surface area contributed by atoms with Crippen LogP contribution in [0.4, 0.5) is 0 Å². The second-order valence-electron chi connectivity index (χ2n) is 3.77. The molecule has 0 aliphatic carbocycles.